The fourth-order valence-corrected chi connectivity index (χ4v) is 1.31. The molecule has 0 spiro atoms. The predicted molar refractivity (Wildman–Crippen MR) is 36.0 cm³/mol. The minimum absolute atomic E-state index is 0.0509. The van der Waals surface area contributed by atoms with Crippen LogP contribution in [0.4, 0.5) is 0 Å². The Morgan fingerprint density at radius 3 is 2.56 bits per heavy atom. The first-order valence-corrected chi connectivity index (χ1v) is 3.71. The second-order valence-electron chi connectivity index (χ2n) is 3.23. The van der Waals surface area contributed by atoms with Crippen LogP contribution >= 0.6 is 0 Å². The van der Waals surface area contributed by atoms with Crippen LogP contribution in [0.25, 0.3) is 0 Å². The third-order valence-electron chi connectivity index (χ3n) is 2.18. The van der Waals surface area contributed by atoms with Gasteiger partial charge in [0.15, 0.2) is 0 Å². The molecule has 1 aliphatic rings. The number of rotatable bonds is 0. The van der Waals surface area contributed by atoms with Crippen LogP contribution in [0.1, 0.15) is 20.3 Å². The van der Waals surface area contributed by atoms with Crippen LogP contribution < -0.4 is 5.32 Å². The third-order valence-corrected chi connectivity index (χ3v) is 2.18. The number of hydrogen-bond acceptors (Lipinski definition) is 1. The fourth-order valence-electron chi connectivity index (χ4n) is 1.31. The number of aliphatic hydroxyl groups excluding tert-OH is 1. The van der Waals surface area contributed by atoms with E-state index in [1.54, 1.807) is 0 Å². The molecule has 1 saturated heterocycles. The molecule has 0 radical (unpaired) electrons. The highest BCUT2D eigenvalue weighted by Gasteiger charge is 2.25. The molecule has 1 heterocycles. The van der Waals surface area contributed by atoms with Crippen molar-refractivity contribution >= 4 is 0 Å². The molecule has 3 atom stereocenters. The predicted octanol–water partition coefficient (Wildman–Crippen LogP) is -0.661. The van der Waals surface area contributed by atoms with E-state index in [1.807, 2.05) is 0 Å². The Kier molecular flexibility index (Phi) is 2.09. The fraction of sp³-hybridized carbons (Fsp3) is 1.00. The van der Waals surface area contributed by atoms with E-state index < -0.39 is 0 Å². The van der Waals surface area contributed by atoms with E-state index in [4.69, 9.17) is 0 Å². The molecule has 0 unspecified atom stereocenters. The zero-order chi connectivity index (χ0) is 6.85. The van der Waals surface area contributed by atoms with E-state index in [2.05, 4.69) is 19.2 Å². The molecule has 0 aromatic rings. The highest BCUT2D eigenvalue weighted by atomic mass is 16.3. The summed E-state index contributed by atoms with van der Waals surface area (Å²) in [5.74, 6) is 0.487. The maximum atomic E-state index is 9.33. The Morgan fingerprint density at radius 1 is 1.44 bits per heavy atom. The standard InChI is InChI=1S/C7H15NO/c1-5-4-8-6(2)3-7(5)9/h5-9H,3-4H2,1-2H3/p+1/t5-,6-,7+/m1/s1. The van der Waals surface area contributed by atoms with Gasteiger partial charge in [0.05, 0.1) is 18.7 Å². The third kappa shape index (κ3) is 1.66. The lowest BCUT2D eigenvalue weighted by Gasteiger charge is -2.26. The van der Waals surface area contributed by atoms with Crippen LogP contribution in [0.2, 0.25) is 0 Å². The van der Waals surface area contributed by atoms with Crippen LogP contribution in [0.5, 0.6) is 0 Å². The molecular formula is C7H16NO+. The summed E-state index contributed by atoms with van der Waals surface area (Å²) in [5.41, 5.74) is 0. The van der Waals surface area contributed by atoms with E-state index >= 15 is 0 Å². The summed E-state index contributed by atoms with van der Waals surface area (Å²) < 4.78 is 0. The normalized spacial score (nSPS) is 45.0. The lowest BCUT2D eigenvalue weighted by Crippen LogP contribution is -2.93. The summed E-state index contributed by atoms with van der Waals surface area (Å²) in [4.78, 5) is 0. The molecule has 54 valence electrons. The van der Waals surface area contributed by atoms with Gasteiger partial charge in [0.2, 0.25) is 0 Å². The molecule has 0 bridgehead atoms. The number of nitrogens with two attached hydrogens (primary N) is 1. The van der Waals surface area contributed by atoms with Gasteiger partial charge in [-0.2, -0.15) is 0 Å². The minimum atomic E-state index is -0.0509. The van der Waals surface area contributed by atoms with Crippen molar-refractivity contribution in [2.75, 3.05) is 6.54 Å². The number of aliphatic hydroxyl groups is 1. The van der Waals surface area contributed by atoms with Gasteiger partial charge in [-0.15, -0.1) is 0 Å². The summed E-state index contributed by atoms with van der Waals surface area (Å²) in [5, 5.41) is 11.6. The van der Waals surface area contributed by atoms with Crippen LogP contribution in [-0.2, 0) is 0 Å². The minimum Gasteiger partial charge on any atom is -0.392 e. The smallest absolute Gasteiger partial charge is 0.0855 e. The molecule has 0 aromatic carbocycles. The van der Waals surface area contributed by atoms with Gasteiger partial charge in [-0.3, -0.25) is 0 Å². The Morgan fingerprint density at radius 2 is 2.11 bits per heavy atom. The Bertz CT molecular complexity index is 94.9. The van der Waals surface area contributed by atoms with Crippen molar-refractivity contribution in [1.29, 1.82) is 0 Å². The molecule has 2 nitrogen and oxygen atoms in total. The van der Waals surface area contributed by atoms with Gasteiger partial charge in [0, 0.05) is 12.3 Å². The van der Waals surface area contributed by atoms with Crippen molar-refractivity contribution < 1.29 is 10.4 Å². The van der Waals surface area contributed by atoms with Crippen molar-refractivity contribution in [2.45, 2.75) is 32.4 Å². The summed E-state index contributed by atoms with van der Waals surface area (Å²) in [7, 11) is 0. The summed E-state index contributed by atoms with van der Waals surface area (Å²) >= 11 is 0. The summed E-state index contributed by atoms with van der Waals surface area (Å²) in [6.07, 6.45) is 0.909. The van der Waals surface area contributed by atoms with E-state index in [0.29, 0.717) is 12.0 Å². The molecule has 9 heavy (non-hydrogen) atoms. The quantitative estimate of drug-likeness (QED) is 0.449. The molecule has 1 aliphatic heterocycles. The van der Waals surface area contributed by atoms with Crippen LogP contribution in [0.3, 0.4) is 0 Å². The zero-order valence-corrected chi connectivity index (χ0v) is 6.17. The van der Waals surface area contributed by atoms with Crippen LogP contribution in [0, 0.1) is 5.92 Å². The van der Waals surface area contributed by atoms with Gasteiger partial charge in [-0.25, -0.2) is 0 Å². The van der Waals surface area contributed by atoms with Crippen LogP contribution in [-0.4, -0.2) is 23.8 Å². The van der Waals surface area contributed by atoms with E-state index in [1.165, 1.54) is 0 Å². The maximum absolute atomic E-state index is 9.33. The monoisotopic (exact) mass is 130 g/mol. The molecule has 0 aliphatic carbocycles. The van der Waals surface area contributed by atoms with Crippen molar-refractivity contribution in [3.05, 3.63) is 0 Å². The lowest BCUT2D eigenvalue weighted by molar-refractivity contribution is -0.702. The molecule has 0 aromatic heterocycles. The van der Waals surface area contributed by atoms with Crippen LogP contribution in [0.15, 0.2) is 0 Å². The van der Waals surface area contributed by atoms with E-state index in [0.717, 1.165) is 13.0 Å². The number of quaternary nitrogens is 1. The zero-order valence-electron chi connectivity index (χ0n) is 6.17. The second kappa shape index (κ2) is 2.67. The SMILES string of the molecule is C[C@@H]1C[C@H](O)[C@H](C)C[NH2+]1. The Balaban J connectivity index is 2.35. The summed E-state index contributed by atoms with van der Waals surface area (Å²) in [6.45, 7) is 5.35. The van der Waals surface area contributed by atoms with Gasteiger partial charge in [-0.05, 0) is 6.92 Å². The average Bonchev–Trinajstić information content (AvgIpc) is 1.80. The lowest BCUT2D eigenvalue weighted by atomic mass is 9.94. The average molecular weight is 130 g/mol. The molecule has 0 amide bonds. The van der Waals surface area contributed by atoms with Gasteiger partial charge in [0.25, 0.3) is 0 Å². The molecule has 3 N–H and O–H groups in total. The number of hydrogen-bond donors (Lipinski definition) is 2. The van der Waals surface area contributed by atoms with Crippen molar-refractivity contribution in [3.63, 3.8) is 0 Å². The van der Waals surface area contributed by atoms with E-state index in [-0.39, 0.29) is 6.10 Å². The van der Waals surface area contributed by atoms with Crippen molar-refractivity contribution in [2.24, 2.45) is 5.92 Å². The van der Waals surface area contributed by atoms with Crippen molar-refractivity contribution in [1.82, 2.24) is 0 Å². The van der Waals surface area contributed by atoms with E-state index in [9.17, 15) is 5.11 Å². The van der Waals surface area contributed by atoms with Gasteiger partial charge < -0.3 is 10.4 Å². The first-order valence-electron chi connectivity index (χ1n) is 3.71. The maximum Gasteiger partial charge on any atom is 0.0855 e. The first-order chi connectivity index (χ1) is 4.20. The largest absolute Gasteiger partial charge is 0.392 e. The summed E-state index contributed by atoms with van der Waals surface area (Å²) in [6, 6.07) is 0.621. The van der Waals surface area contributed by atoms with Gasteiger partial charge in [0.1, 0.15) is 0 Å². The number of piperidine rings is 1. The van der Waals surface area contributed by atoms with Gasteiger partial charge in [-0.1, -0.05) is 6.92 Å². The molecule has 2 heteroatoms. The highest BCUT2D eigenvalue weighted by Crippen LogP contribution is 2.08. The molecule has 1 rings (SSSR count). The molecular weight excluding hydrogens is 114 g/mol. The first kappa shape index (κ1) is 7.03. The second-order valence-corrected chi connectivity index (χ2v) is 3.23. The highest BCUT2D eigenvalue weighted by molar-refractivity contribution is 4.69. The Labute approximate surface area is 56.3 Å². The topological polar surface area (TPSA) is 36.8 Å². The van der Waals surface area contributed by atoms with Gasteiger partial charge >= 0.3 is 0 Å². The van der Waals surface area contributed by atoms with Crippen molar-refractivity contribution in [3.8, 4) is 0 Å². The Hall–Kier alpha value is -0.0800. The molecule has 0 saturated carbocycles. The molecule has 1 fully saturated rings.